The summed E-state index contributed by atoms with van der Waals surface area (Å²) in [4.78, 5) is 0. The zero-order valence-corrected chi connectivity index (χ0v) is 12.3. The number of hydrogen-bond donors (Lipinski definition) is 2. The van der Waals surface area contributed by atoms with Crippen LogP contribution in [0.3, 0.4) is 0 Å². The van der Waals surface area contributed by atoms with Crippen LogP contribution >= 0.6 is 11.3 Å². The molecule has 3 aromatic rings. The summed E-state index contributed by atoms with van der Waals surface area (Å²) in [6, 6.07) is 12.7. The van der Waals surface area contributed by atoms with E-state index in [9.17, 15) is 4.39 Å². The first-order valence-electron chi connectivity index (χ1n) is 6.50. The summed E-state index contributed by atoms with van der Waals surface area (Å²) < 4.78 is 19.8. The van der Waals surface area contributed by atoms with E-state index >= 15 is 0 Å². The van der Waals surface area contributed by atoms with E-state index in [-0.39, 0.29) is 17.6 Å². The first kappa shape index (κ1) is 14.0. The second-order valence-corrected chi connectivity index (χ2v) is 5.60. The lowest BCUT2D eigenvalue weighted by molar-refractivity contribution is 0.385. The molecule has 0 saturated heterocycles. The van der Waals surface area contributed by atoms with Crippen LogP contribution in [0.2, 0.25) is 0 Å². The van der Waals surface area contributed by atoms with Gasteiger partial charge in [-0.1, -0.05) is 24.3 Å². The van der Waals surface area contributed by atoms with Gasteiger partial charge in [0.05, 0.1) is 13.2 Å². The van der Waals surface area contributed by atoms with Crippen LogP contribution in [-0.4, -0.2) is 7.11 Å². The van der Waals surface area contributed by atoms with Gasteiger partial charge in [-0.2, -0.15) is 0 Å². The van der Waals surface area contributed by atoms with Gasteiger partial charge in [0.25, 0.3) is 0 Å². The molecule has 0 saturated carbocycles. The summed E-state index contributed by atoms with van der Waals surface area (Å²) >= 11 is 1.66. The van der Waals surface area contributed by atoms with Gasteiger partial charge in [-0.15, -0.1) is 11.3 Å². The topological polar surface area (TPSA) is 47.3 Å². The van der Waals surface area contributed by atoms with Crippen LogP contribution in [0.5, 0.6) is 5.75 Å². The molecule has 0 amide bonds. The first-order valence-corrected chi connectivity index (χ1v) is 7.38. The highest BCUT2D eigenvalue weighted by Crippen LogP contribution is 2.33. The molecule has 3 N–H and O–H groups in total. The lowest BCUT2D eigenvalue weighted by Crippen LogP contribution is -2.28. The maximum Gasteiger partial charge on any atom is 0.165 e. The minimum absolute atomic E-state index is 0.214. The predicted octanol–water partition coefficient (Wildman–Crippen LogP) is 3.60. The SMILES string of the molecule is COc1cc(C(NN)c2cccc3ccsc23)ccc1F. The van der Waals surface area contributed by atoms with Crippen molar-refractivity contribution in [3.8, 4) is 5.75 Å². The number of fused-ring (bicyclic) bond motifs is 1. The molecule has 21 heavy (non-hydrogen) atoms. The number of hydrazine groups is 1. The molecule has 5 heteroatoms. The van der Waals surface area contributed by atoms with Crippen molar-refractivity contribution >= 4 is 21.4 Å². The van der Waals surface area contributed by atoms with Crippen molar-refractivity contribution < 1.29 is 9.13 Å². The second kappa shape index (κ2) is 5.81. The maximum absolute atomic E-state index is 13.6. The summed E-state index contributed by atoms with van der Waals surface area (Å²) in [6.07, 6.45) is 0. The van der Waals surface area contributed by atoms with Gasteiger partial charge < -0.3 is 4.74 Å². The van der Waals surface area contributed by atoms with Crippen molar-refractivity contribution in [3.05, 3.63) is 64.8 Å². The van der Waals surface area contributed by atoms with Gasteiger partial charge in [0, 0.05) is 4.70 Å². The van der Waals surface area contributed by atoms with Crippen molar-refractivity contribution in [1.82, 2.24) is 5.43 Å². The Bertz CT molecular complexity index is 772. The second-order valence-electron chi connectivity index (χ2n) is 4.68. The summed E-state index contributed by atoms with van der Waals surface area (Å²) in [5.74, 6) is 5.58. The molecule has 2 aromatic carbocycles. The molecule has 1 atom stereocenters. The van der Waals surface area contributed by atoms with Gasteiger partial charge in [0.1, 0.15) is 0 Å². The molecule has 3 rings (SSSR count). The summed E-state index contributed by atoms with van der Waals surface area (Å²) in [6.45, 7) is 0. The summed E-state index contributed by atoms with van der Waals surface area (Å²) in [7, 11) is 1.45. The van der Waals surface area contributed by atoms with E-state index in [1.165, 1.54) is 23.3 Å². The molecule has 1 heterocycles. The van der Waals surface area contributed by atoms with Crippen LogP contribution in [0, 0.1) is 5.82 Å². The molecule has 0 spiro atoms. The van der Waals surface area contributed by atoms with Crippen LogP contribution in [-0.2, 0) is 0 Å². The molecule has 1 unspecified atom stereocenters. The maximum atomic E-state index is 13.6. The van der Waals surface area contributed by atoms with Crippen molar-refractivity contribution in [2.75, 3.05) is 7.11 Å². The van der Waals surface area contributed by atoms with Gasteiger partial charge in [0.15, 0.2) is 11.6 Å². The zero-order chi connectivity index (χ0) is 14.8. The molecule has 3 nitrogen and oxygen atoms in total. The third kappa shape index (κ3) is 2.51. The number of thiophene rings is 1. The number of benzene rings is 2. The van der Waals surface area contributed by atoms with E-state index in [0.29, 0.717) is 0 Å². The minimum Gasteiger partial charge on any atom is -0.494 e. The van der Waals surface area contributed by atoms with Crippen molar-refractivity contribution in [2.24, 2.45) is 5.84 Å². The average molecular weight is 302 g/mol. The van der Waals surface area contributed by atoms with Crippen molar-refractivity contribution in [3.63, 3.8) is 0 Å². The molecule has 0 aliphatic heterocycles. The minimum atomic E-state index is -0.383. The molecular formula is C16H15FN2OS. The lowest BCUT2D eigenvalue weighted by Gasteiger charge is -2.18. The Morgan fingerprint density at radius 2 is 2.10 bits per heavy atom. The zero-order valence-electron chi connectivity index (χ0n) is 11.5. The Labute approximate surface area is 126 Å². The van der Waals surface area contributed by atoms with Gasteiger partial charge in [0.2, 0.25) is 0 Å². The number of rotatable bonds is 4. The van der Waals surface area contributed by atoms with Crippen molar-refractivity contribution in [1.29, 1.82) is 0 Å². The molecule has 0 bridgehead atoms. The van der Waals surface area contributed by atoms with Gasteiger partial charge in [-0.05, 0) is 40.1 Å². The molecule has 0 aliphatic rings. The Hall–Kier alpha value is -1.95. The first-order chi connectivity index (χ1) is 10.2. The largest absolute Gasteiger partial charge is 0.494 e. The lowest BCUT2D eigenvalue weighted by atomic mass is 9.98. The highest BCUT2D eigenvalue weighted by atomic mass is 32.1. The number of ether oxygens (including phenoxy) is 1. The van der Waals surface area contributed by atoms with E-state index < -0.39 is 0 Å². The third-order valence-corrected chi connectivity index (χ3v) is 4.47. The number of methoxy groups -OCH3 is 1. The van der Waals surface area contributed by atoms with Gasteiger partial charge >= 0.3 is 0 Å². The van der Waals surface area contributed by atoms with E-state index in [1.54, 1.807) is 23.5 Å². The van der Waals surface area contributed by atoms with E-state index in [1.807, 2.05) is 17.5 Å². The fourth-order valence-electron chi connectivity index (χ4n) is 2.47. The molecular weight excluding hydrogens is 287 g/mol. The normalized spacial score (nSPS) is 12.5. The average Bonchev–Trinajstić information content (AvgIpc) is 2.99. The molecule has 0 radical (unpaired) electrons. The van der Waals surface area contributed by atoms with Crippen LogP contribution in [0.25, 0.3) is 10.1 Å². The van der Waals surface area contributed by atoms with E-state index in [4.69, 9.17) is 10.6 Å². The fraction of sp³-hybridized carbons (Fsp3) is 0.125. The summed E-state index contributed by atoms with van der Waals surface area (Å²) in [5.41, 5.74) is 4.74. The van der Waals surface area contributed by atoms with Crippen LogP contribution < -0.4 is 16.0 Å². The number of hydrogen-bond acceptors (Lipinski definition) is 4. The molecule has 108 valence electrons. The standard InChI is InChI=1S/C16H15FN2OS/c1-20-14-9-11(5-6-13(14)17)15(19-18)12-4-2-3-10-7-8-21-16(10)12/h2-9,15,19H,18H2,1H3. The number of nitrogens with two attached hydrogens (primary N) is 1. The van der Waals surface area contributed by atoms with Crippen LogP contribution in [0.1, 0.15) is 17.2 Å². The Morgan fingerprint density at radius 1 is 1.24 bits per heavy atom. The van der Waals surface area contributed by atoms with Crippen LogP contribution in [0.15, 0.2) is 47.8 Å². The quantitative estimate of drug-likeness (QED) is 0.572. The van der Waals surface area contributed by atoms with Gasteiger partial charge in [-0.3, -0.25) is 5.84 Å². The summed E-state index contributed by atoms with van der Waals surface area (Å²) in [5, 5.41) is 3.22. The van der Waals surface area contributed by atoms with E-state index in [2.05, 4.69) is 17.6 Å². The smallest absolute Gasteiger partial charge is 0.165 e. The third-order valence-electron chi connectivity index (χ3n) is 3.50. The molecule has 0 fully saturated rings. The highest BCUT2D eigenvalue weighted by molar-refractivity contribution is 7.17. The number of nitrogens with one attached hydrogen (secondary N) is 1. The Balaban J connectivity index is 2.12. The van der Waals surface area contributed by atoms with E-state index in [0.717, 1.165) is 11.1 Å². The van der Waals surface area contributed by atoms with Gasteiger partial charge in [-0.25, -0.2) is 9.82 Å². The highest BCUT2D eigenvalue weighted by Gasteiger charge is 2.17. The molecule has 0 aliphatic carbocycles. The van der Waals surface area contributed by atoms with Crippen molar-refractivity contribution in [2.45, 2.75) is 6.04 Å². The Kier molecular flexibility index (Phi) is 3.88. The predicted molar refractivity (Wildman–Crippen MR) is 83.9 cm³/mol. The molecule has 1 aromatic heterocycles. The monoisotopic (exact) mass is 302 g/mol. The fourth-order valence-corrected chi connectivity index (χ4v) is 3.41. The van der Waals surface area contributed by atoms with Crippen LogP contribution in [0.4, 0.5) is 4.39 Å². The Morgan fingerprint density at radius 3 is 2.86 bits per heavy atom. The number of halogens is 1.